The number of benzene rings is 1. The average Bonchev–Trinajstić information content (AvgIpc) is 2.72. The van der Waals surface area contributed by atoms with Gasteiger partial charge in [-0.05, 0) is 26.0 Å². The number of nitrogens with zero attached hydrogens (tertiary/aromatic N) is 3. The number of hydrogen-bond donors (Lipinski definition) is 0. The number of rotatable bonds is 2. The topological polar surface area (TPSA) is 60.9 Å². The predicted octanol–water partition coefficient (Wildman–Crippen LogP) is 3.36. The molecule has 3 rings (SSSR count). The highest BCUT2D eigenvalue weighted by molar-refractivity contribution is 6.38. The van der Waals surface area contributed by atoms with Crippen molar-refractivity contribution in [1.82, 2.24) is 14.7 Å². The van der Waals surface area contributed by atoms with Crippen LogP contribution in [0.1, 0.15) is 17.0 Å². The van der Waals surface area contributed by atoms with Crippen molar-refractivity contribution in [2.75, 3.05) is 0 Å². The summed E-state index contributed by atoms with van der Waals surface area (Å²) >= 11 is 12.0. The SMILES string of the molecule is Cc1noc(C)c1Cn1cnc2cc(Cl)cc(Cl)c2c1=O. The number of fused-ring (bicyclic) bond motifs is 1. The molecule has 0 aliphatic heterocycles. The maximum absolute atomic E-state index is 12.6. The summed E-state index contributed by atoms with van der Waals surface area (Å²) in [6.07, 6.45) is 1.48. The maximum Gasteiger partial charge on any atom is 0.263 e. The summed E-state index contributed by atoms with van der Waals surface area (Å²) in [6.45, 7) is 3.97. The minimum Gasteiger partial charge on any atom is -0.361 e. The summed E-state index contributed by atoms with van der Waals surface area (Å²) in [5.74, 6) is 0.682. The molecule has 1 aromatic carbocycles. The van der Waals surface area contributed by atoms with Crippen LogP contribution in [-0.4, -0.2) is 14.7 Å². The zero-order valence-corrected chi connectivity index (χ0v) is 12.9. The second-order valence-electron chi connectivity index (χ2n) is 4.76. The van der Waals surface area contributed by atoms with Crippen molar-refractivity contribution in [2.45, 2.75) is 20.4 Å². The van der Waals surface area contributed by atoms with E-state index in [0.717, 1.165) is 11.3 Å². The molecule has 0 saturated heterocycles. The third-order valence-corrected chi connectivity index (χ3v) is 3.87. The van der Waals surface area contributed by atoms with Gasteiger partial charge in [0.1, 0.15) is 5.76 Å². The first-order chi connectivity index (χ1) is 9.97. The molecule has 21 heavy (non-hydrogen) atoms. The van der Waals surface area contributed by atoms with E-state index in [0.29, 0.717) is 33.3 Å². The predicted molar refractivity (Wildman–Crippen MR) is 81.1 cm³/mol. The van der Waals surface area contributed by atoms with Gasteiger partial charge in [-0.3, -0.25) is 9.36 Å². The highest BCUT2D eigenvalue weighted by Crippen LogP contribution is 2.24. The molecule has 3 aromatic rings. The van der Waals surface area contributed by atoms with E-state index in [2.05, 4.69) is 10.1 Å². The number of halogens is 2. The van der Waals surface area contributed by atoms with Gasteiger partial charge in [0, 0.05) is 10.6 Å². The van der Waals surface area contributed by atoms with Gasteiger partial charge >= 0.3 is 0 Å². The molecule has 0 radical (unpaired) electrons. The fraction of sp³-hybridized carbons (Fsp3) is 0.214. The van der Waals surface area contributed by atoms with Crippen molar-refractivity contribution >= 4 is 34.1 Å². The van der Waals surface area contributed by atoms with E-state index in [1.807, 2.05) is 13.8 Å². The van der Waals surface area contributed by atoms with Crippen molar-refractivity contribution in [3.63, 3.8) is 0 Å². The van der Waals surface area contributed by atoms with Gasteiger partial charge in [-0.1, -0.05) is 28.4 Å². The van der Waals surface area contributed by atoms with Crippen LogP contribution >= 0.6 is 23.2 Å². The Bertz CT molecular complexity index is 880. The summed E-state index contributed by atoms with van der Waals surface area (Å²) in [5, 5.41) is 4.98. The Hall–Kier alpha value is -1.85. The largest absolute Gasteiger partial charge is 0.361 e. The standard InChI is InChI=1S/C14H11Cl2N3O2/c1-7-10(8(2)21-18-7)5-19-6-17-12-4-9(15)3-11(16)13(12)14(19)20/h3-4,6H,5H2,1-2H3. The van der Waals surface area contributed by atoms with E-state index in [1.165, 1.54) is 17.0 Å². The van der Waals surface area contributed by atoms with Gasteiger partial charge in [0.25, 0.3) is 5.56 Å². The molecule has 0 atom stereocenters. The quantitative estimate of drug-likeness (QED) is 0.725. The average molecular weight is 324 g/mol. The first-order valence-electron chi connectivity index (χ1n) is 6.23. The third kappa shape index (κ3) is 2.43. The molecule has 0 bridgehead atoms. The molecular weight excluding hydrogens is 313 g/mol. The third-order valence-electron chi connectivity index (χ3n) is 3.35. The Kier molecular flexibility index (Phi) is 3.47. The highest BCUT2D eigenvalue weighted by Gasteiger charge is 2.13. The van der Waals surface area contributed by atoms with Gasteiger partial charge in [0.05, 0.1) is 34.5 Å². The molecule has 108 valence electrons. The summed E-state index contributed by atoms with van der Waals surface area (Å²) in [4.78, 5) is 16.8. The zero-order valence-electron chi connectivity index (χ0n) is 11.4. The van der Waals surface area contributed by atoms with Crippen LogP contribution in [0.25, 0.3) is 10.9 Å². The molecule has 2 heterocycles. The fourth-order valence-corrected chi connectivity index (χ4v) is 2.78. The normalized spacial score (nSPS) is 11.2. The molecule has 0 fully saturated rings. The van der Waals surface area contributed by atoms with Gasteiger partial charge in [-0.25, -0.2) is 4.98 Å². The molecule has 7 heteroatoms. The lowest BCUT2D eigenvalue weighted by atomic mass is 10.2. The lowest BCUT2D eigenvalue weighted by Crippen LogP contribution is -2.22. The summed E-state index contributed by atoms with van der Waals surface area (Å²) in [5.41, 5.74) is 1.87. The maximum atomic E-state index is 12.6. The van der Waals surface area contributed by atoms with Gasteiger partial charge in [0.2, 0.25) is 0 Å². The van der Waals surface area contributed by atoms with Crippen LogP contribution in [-0.2, 0) is 6.54 Å². The smallest absolute Gasteiger partial charge is 0.263 e. The van der Waals surface area contributed by atoms with Crippen molar-refractivity contribution in [2.24, 2.45) is 0 Å². The Labute approximate surface area is 130 Å². The first kappa shape index (κ1) is 14.1. The Morgan fingerprint density at radius 2 is 2.05 bits per heavy atom. The van der Waals surface area contributed by atoms with Crippen molar-refractivity contribution in [1.29, 1.82) is 0 Å². The van der Waals surface area contributed by atoms with E-state index in [-0.39, 0.29) is 5.56 Å². The van der Waals surface area contributed by atoms with Crippen LogP contribution in [0, 0.1) is 13.8 Å². The Balaban J connectivity index is 2.17. The minimum atomic E-state index is -0.221. The molecule has 0 aliphatic carbocycles. The second kappa shape index (κ2) is 5.16. The van der Waals surface area contributed by atoms with E-state index in [4.69, 9.17) is 27.7 Å². The molecular formula is C14H11Cl2N3O2. The van der Waals surface area contributed by atoms with Crippen LogP contribution in [0.5, 0.6) is 0 Å². The molecule has 0 saturated carbocycles. The van der Waals surface area contributed by atoms with Crippen LogP contribution in [0.4, 0.5) is 0 Å². The lowest BCUT2D eigenvalue weighted by molar-refractivity contribution is 0.392. The van der Waals surface area contributed by atoms with Gasteiger partial charge in [-0.2, -0.15) is 0 Å². The van der Waals surface area contributed by atoms with E-state index < -0.39 is 0 Å². The molecule has 0 spiro atoms. The van der Waals surface area contributed by atoms with E-state index >= 15 is 0 Å². The van der Waals surface area contributed by atoms with Gasteiger partial charge in [-0.15, -0.1) is 0 Å². The Morgan fingerprint density at radius 1 is 1.29 bits per heavy atom. The first-order valence-corrected chi connectivity index (χ1v) is 6.99. The lowest BCUT2D eigenvalue weighted by Gasteiger charge is -2.07. The van der Waals surface area contributed by atoms with Crippen LogP contribution in [0.3, 0.4) is 0 Å². The summed E-state index contributed by atoms with van der Waals surface area (Å²) in [7, 11) is 0. The summed E-state index contributed by atoms with van der Waals surface area (Å²) in [6, 6.07) is 3.15. The molecule has 0 aliphatic rings. The van der Waals surface area contributed by atoms with E-state index in [1.54, 1.807) is 6.07 Å². The molecule has 0 N–H and O–H groups in total. The van der Waals surface area contributed by atoms with Gasteiger partial charge in [0.15, 0.2) is 0 Å². The van der Waals surface area contributed by atoms with Crippen LogP contribution < -0.4 is 5.56 Å². The monoisotopic (exact) mass is 323 g/mol. The van der Waals surface area contributed by atoms with Crippen molar-refractivity contribution in [3.8, 4) is 0 Å². The minimum absolute atomic E-state index is 0.221. The molecule has 2 aromatic heterocycles. The molecule has 5 nitrogen and oxygen atoms in total. The molecule has 0 unspecified atom stereocenters. The number of hydrogen-bond acceptors (Lipinski definition) is 4. The fourth-order valence-electron chi connectivity index (χ4n) is 2.21. The Morgan fingerprint density at radius 3 is 2.71 bits per heavy atom. The van der Waals surface area contributed by atoms with Crippen LogP contribution in [0.2, 0.25) is 10.0 Å². The number of aromatic nitrogens is 3. The molecule has 0 amide bonds. The highest BCUT2D eigenvalue weighted by atomic mass is 35.5. The number of aryl methyl sites for hydroxylation is 2. The van der Waals surface area contributed by atoms with Crippen molar-refractivity contribution in [3.05, 3.63) is 55.9 Å². The van der Waals surface area contributed by atoms with Crippen molar-refractivity contribution < 1.29 is 4.52 Å². The summed E-state index contributed by atoms with van der Waals surface area (Å²) < 4.78 is 6.59. The van der Waals surface area contributed by atoms with Gasteiger partial charge < -0.3 is 4.52 Å². The zero-order chi connectivity index (χ0) is 15.1. The second-order valence-corrected chi connectivity index (χ2v) is 5.61. The van der Waals surface area contributed by atoms with E-state index in [9.17, 15) is 4.79 Å². The van der Waals surface area contributed by atoms with Crippen LogP contribution in [0.15, 0.2) is 27.8 Å².